The maximum atomic E-state index is 11.9. The van der Waals surface area contributed by atoms with Crippen molar-refractivity contribution in [1.82, 2.24) is 4.57 Å². The van der Waals surface area contributed by atoms with Gasteiger partial charge in [0.1, 0.15) is 0 Å². The van der Waals surface area contributed by atoms with Gasteiger partial charge in [0, 0.05) is 23.3 Å². The average molecular weight is 360 g/mol. The number of nitrogens with one attached hydrogen (secondary N) is 1. The van der Waals surface area contributed by atoms with E-state index in [-0.39, 0.29) is 30.4 Å². The van der Waals surface area contributed by atoms with Gasteiger partial charge in [0.05, 0.1) is 6.42 Å². The first kappa shape index (κ1) is 17.4. The Morgan fingerprint density at radius 2 is 2.08 bits per heavy atom. The third-order valence-corrected chi connectivity index (χ3v) is 5.14. The molecule has 0 fully saturated rings. The van der Waals surface area contributed by atoms with Crippen molar-refractivity contribution >= 4 is 28.9 Å². The van der Waals surface area contributed by atoms with Crippen molar-refractivity contribution in [3.8, 4) is 0 Å². The molecule has 1 aromatic carbocycles. The van der Waals surface area contributed by atoms with Gasteiger partial charge in [-0.25, -0.2) is 0 Å². The average Bonchev–Trinajstić information content (AvgIpc) is 3.17. The summed E-state index contributed by atoms with van der Waals surface area (Å²) in [6.45, 7) is 1.75. The topological polar surface area (TPSA) is 77.4 Å². The van der Waals surface area contributed by atoms with Crippen LogP contribution in [0.3, 0.4) is 0 Å². The number of amides is 1. The van der Waals surface area contributed by atoms with Crippen molar-refractivity contribution in [2.45, 2.75) is 39.2 Å². The molecule has 0 aliphatic heterocycles. The van der Waals surface area contributed by atoms with Crippen LogP contribution in [0.2, 0.25) is 0 Å². The molecule has 25 heavy (non-hydrogen) atoms. The van der Waals surface area contributed by atoms with E-state index in [2.05, 4.69) is 5.32 Å². The molecule has 1 aliphatic rings. The van der Waals surface area contributed by atoms with Crippen molar-refractivity contribution in [3.63, 3.8) is 0 Å². The Labute approximate surface area is 149 Å². The number of hydrogen-bond acceptors (Lipinski definition) is 5. The zero-order chi connectivity index (χ0) is 17.8. The summed E-state index contributed by atoms with van der Waals surface area (Å²) in [7, 11) is 0. The van der Waals surface area contributed by atoms with E-state index in [0.717, 1.165) is 42.0 Å². The fourth-order valence-corrected chi connectivity index (χ4v) is 3.70. The van der Waals surface area contributed by atoms with Crippen LogP contribution in [0.1, 0.15) is 29.7 Å². The molecule has 0 spiro atoms. The van der Waals surface area contributed by atoms with Gasteiger partial charge in [-0.05, 0) is 49.4 Å². The van der Waals surface area contributed by atoms with Crippen LogP contribution in [0.25, 0.3) is 0 Å². The number of fused-ring (bicyclic) bond motifs is 1. The number of aromatic nitrogens is 1. The number of aryl methyl sites for hydroxylation is 3. The SMILES string of the molecule is Cc1csc(=O)n1CCC(=O)OCC(=O)Nc1ccc2c(c1)CCC2. The summed E-state index contributed by atoms with van der Waals surface area (Å²) in [5, 5.41) is 4.49. The standard InChI is InChI=1S/C18H20N2O4S/c1-12-11-25-18(23)20(12)8-7-17(22)24-10-16(21)19-15-6-5-13-3-2-4-14(13)9-15/h5-6,9,11H,2-4,7-8,10H2,1H3,(H,19,21). The van der Waals surface area contributed by atoms with Gasteiger partial charge in [-0.15, -0.1) is 0 Å². The fourth-order valence-electron chi connectivity index (χ4n) is 2.94. The number of hydrogen-bond donors (Lipinski definition) is 1. The summed E-state index contributed by atoms with van der Waals surface area (Å²) < 4.78 is 6.51. The number of benzene rings is 1. The Kier molecular flexibility index (Phi) is 5.33. The summed E-state index contributed by atoms with van der Waals surface area (Å²) in [6.07, 6.45) is 3.34. The number of ether oxygens (including phenoxy) is 1. The van der Waals surface area contributed by atoms with E-state index in [0.29, 0.717) is 0 Å². The van der Waals surface area contributed by atoms with Gasteiger partial charge in [0.25, 0.3) is 5.91 Å². The summed E-state index contributed by atoms with van der Waals surface area (Å²) in [5.74, 6) is -0.864. The van der Waals surface area contributed by atoms with E-state index in [1.165, 1.54) is 15.7 Å². The number of esters is 1. The minimum Gasteiger partial charge on any atom is -0.456 e. The number of carbonyl (C=O) groups excluding carboxylic acids is 2. The highest BCUT2D eigenvalue weighted by Gasteiger charge is 2.13. The highest BCUT2D eigenvalue weighted by Crippen LogP contribution is 2.24. The lowest BCUT2D eigenvalue weighted by molar-refractivity contribution is -0.147. The molecule has 1 aromatic heterocycles. The molecule has 2 aromatic rings. The highest BCUT2D eigenvalue weighted by molar-refractivity contribution is 7.07. The van der Waals surface area contributed by atoms with Gasteiger partial charge >= 0.3 is 10.8 Å². The number of nitrogens with zero attached hydrogens (tertiary/aromatic N) is 1. The molecule has 0 radical (unpaired) electrons. The molecule has 7 heteroatoms. The van der Waals surface area contributed by atoms with E-state index >= 15 is 0 Å². The number of carbonyl (C=O) groups is 2. The molecule has 0 atom stereocenters. The molecule has 0 unspecified atom stereocenters. The Hall–Kier alpha value is -2.41. The van der Waals surface area contributed by atoms with Crippen LogP contribution in [-0.2, 0) is 33.7 Å². The van der Waals surface area contributed by atoms with Crippen LogP contribution in [0.15, 0.2) is 28.4 Å². The van der Waals surface area contributed by atoms with Gasteiger partial charge in [0.15, 0.2) is 6.61 Å². The minimum absolute atomic E-state index is 0.0591. The number of thiazole rings is 1. The van der Waals surface area contributed by atoms with Crippen LogP contribution < -0.4 is 10.2 Å². The van der Waals surface area contributed by atoms with Gasteiger partial charge in [-0.1, -0.05) is 17.4 Å². The van der Waals surface area contributed by atoms with E-state index in [1.54, 1.807) is 5.38 Å². The molecule has 0 saturated heterocycles. The lowest BCUT2D eigenvalue weighted by atomic mass is 10.1. The van der Waals surface area contributed by atoms with E-state index in [1.807, 2.05) is 25.1 Å². The van der Waals surface area contributed by atoms with Crippen LogP contribution in [0.4, 0.5) is 5.69 Å². The Morgan fingerprint density at radius 1 is 1.28 bits per heavy atom. The van der Waals surface area contributed by atoms with Crippen molar-refractivity contribution in [2.75, 3.05) is 11.9 Å². The third kappa shape index (κ3) is 4.36. The molecule has 0 saturated carbocycles. The van der Waals surface area contributed by atoms with E-state index < -0.39 is 5.97 Å². The van der Waals surface area contributed by atoms with Crippen molar-refractivity contribution < 1.29 is 14.3 Å². The van der Waals surface area contributed by atoms with Gasteiger partial charge < -0.3 is 14.6 Å². The second kappa shape index (κ2) is 7.65. The number of anilines is 1. The van der Waals surface area contributed by atoms with Gasteiger partial charge in [0.2, 0.25) is 0 Å². The fraction of sp³-hybridized carbons (Fsp3) is 0.389. The lowest BCUT2D eigenvalue weighted by Gasteiger charge is -2.09. The first-order valence-electron chi connectivity index (χ1n) is 8.25. The summed E-state index contributed by atoms with van der Waals surface area (Å²) in [4.78, 5) is 35.1. The molecule has 132 valence electrons. The van der Waals surface area contributed by atoms with Gasteiger partial charge in [-0.3, -0.25) is 14.4 Å². The largest absolute Gasteiger partial charge is 0.456 e. The van der Waals surface area contributed by atoms with Gasteiger partial charge in [-0.2, -0.15) is 0 Å². The minimum atomic E-state index is -0.499. The maximum Gasteiger partial charge on any atom is 0.308 e. The Balaban J connectivity index is 1.44. The highest BCUT2D eigenvalue weighted by atomic mass is 32.1. The maximum absolute atomic E-state index is 11.9. The Morgan fingerprint density at radius 3 is 2.84 bits per heavy atom. The molecule has 0 bridgehead atoms. The quantitative estimate of drug-likeness (QED) is 0.802. The predicted molar refractivity (Wildman–Crippen MR) is 96.0 cm³/mol. The molecule has 6 nitrogen and oxygen atoms in total. The first-order chi connectivity index (χ1) is 12.0. The first-order valence-corrected chi connectivity index (χ1v) is 9.13. The Bertz CT molecular complexity index is 853. The van der Waals surface area contributed by atoms with Crippen LogP contribution in [0.5, 0.6) is 0 Å². The molecule has 1 N–H and O–H groups in total. The zero-order valence-electron chi connectivity index (χ0n) is 14.0. The zero-order valence-corrected chi connectivity index (χ0v) is 14.9. The molecular weight excluding hydrogens is 340 g/mol. The molecule has 1 aliphatic carbocycles. The molecule has 1 heterocycles. The van der Waals surface area contributed by atoms with E-state index in [4.69, 9.17) is 4.74 Å². The van der Waals surface area contributed by atoms with Crippen molar-refractivity contribution in [3.05, 3.63) is 50.1 Å². The van der Waals surface area contributed by atoms with E-state index in [9.17, 15) is 14.4 Å². The second-order valence-corrected chi connectivity index (χ2v) is 6.91. The summed E-state index contributed by atoms with van der Waals surface area (Å²) in [6, 6.07) is 5.88. The van der Waals surface area contributed by atoms with Crippen LogP contribution in [0, 0.1) is 6.92 Å². The normalized spacial score (nSPS) is 12.7. The molecular formula is C18H20N2O4S. The summed E-state index contributed by atoms with van der Waals surface area (Å²) in [5.41, 5.74) is 4.15. The van der Waals surface area contributed by atoms with Crippen LogP contribution >= 0.6 is 11.3 Å². The summed E-state index contributed by atoms with van der Waals surface area (Å²) >= 11 is 1.10. The van der Waals surface area contributed by atoms with Crippen molar-refractivity contribution in [1.29, 1.82) is 0 Å². The third-order valence-electron chi connectivity index (χ3n) is 4.26. The molecule has 3 rings (SSSR count). The monoisotopic (exact) mass is 360 g/mol. The predicted octanol–water partition coefficient (Wildman–Crippen LogP) is 2.28. The second-order valence-electron chi connectivity index (χ2n) is 6.09. The van der Waals surface area contributed by atoms with Crippen molar-refractivity contribution in [2.24, 2.45) is 0 Å². The molecule has 1 amide bonds. The van der Waals surface area contributed by atoms with Crippen LogP contribution in [-0.4, -0.2) is 23.1 Å². The lowest BCUT2D eigenvalue weighted by Crippen LogP contribution is -2.22. The smallest absolute Gasteiger partial charge is 0.308 e. The number of rotatable bonds is 6.